The summed E-state index contributed by atoms with van der Waals surface area (Å²) in [6, 6.07) is 17.4. The molecule has 0 radical (unpaired) electrons. The van der Waals surface area contributed by atoms with E-state index >= 15 is 0 Å². The Balaban J connectivity index is 1.24. The number of aliphatic hydroxyl groups is 1. The van der Waals surface area contributed by atoms with Crippen molar-refractivity contribution in [3.63, 3.8) is 0 Å². The van der Waals surface area contributed by atoms with Crippen molar-refractivity contribution in [1.82, 2.24) is 0 Å². The average molecular weight is 392 g/mol. The number of hydrogen-bond donors (Lipinski definition) is 2. The van der Waals surface area contributed by atoms with Crippen molar-refractivity contribution in [3.05, 3.63) is 60.2 Å². The minimum Gasteiger partial charge on any atom is -0.489 e. The third-order valence-corrected chi connectivity index (χ3v) is 7.26. The van der Waals surface area contributed by atoms with E-state index in [-0.39, 0.29) is 11.3 Å². The molecule has 0 aromatic heterocycles. The lowest BCUT2D eigenvalue weighted by molar-refractivity contribution is -0.150. The Labute approximate surface area is 172 Å². The highest BCUT2D eigenvalue weighted by Crippen LogP contribution is 2.61. The van der Waals surface area contributed by atoms with Gasteiger partial charge in [0.05, 0.1) is 0 Å². The van der Waals surface area contributed by atoms with E-state index in [1.54, 1.807) is 0 Å². The smallest absolute Gasteiger partial charge is 0.253 e. The maximum Gasteiger partial charge on any atom is 0.253 e. The Kier molecular flexibility index (Phi) is 4.83. The Bertz CT molecular complexity index is 843. The number of benzene rings is 2. The molecule has 6 rings (SSSR count). The normalized spacial score (nSPS) is 30.7. The summed E-state index contributed by atoms with van der Waals surface area (Å²) in [5.74, 6) is 2.55. The maximum absolute atomic E-state index is 12.9. The van der Waals surface area contributed by atoms with E-state index in [1.165, 1.54) is 19.3 Å². The molecule has 0 aliphatic heterocycles. The van der Waals surface area contributed by atoms with E-state index in [0.717, 1.165) is 24.8 Å². The minimum atomic E-state index is -0.926. The lowest BCUT2D eigenvalue weighted by atomic mass is 9.48. The standard InChI is InChI=1S/C25H29NO3/c27-23(25-13-18-9-19(14-25)11-20(10-18)15-25)24(28)26-21-7-4-8-22(12-21)29-16-17-5-2-1-3-6-17/h1-8,12,18-20,23,27H,9-11,13-16H2,(H,26,28). The second kappa shape index (κ2) is 7.49. The van der Waals surface area contributed by atoms with E-state index in [2.05, 4.69) is 5.32 Å². The van der Waals surface area contributed by atoms with Crippen molar-refractivity contribution in [2.45, 2.75) is 51.2 Å². The van der Waals surface area contributed by atoms with Gasteiger partial charge in [0.15, 0.2) is 0 Å². The number of anilines is 1. The highest BCUT2D eigenvalue weighted by molar-refractivity contribution is 5.94. The van der Waals surface area contributed by atoms with Crippen molar-refractivity contribution >= 4 is 11.6 Å². The molecule has 0 heterocycles. The van der Waals surface area contributed by atoms with Crippen molar-refractivity contribution in [3.8, 4) is 5.75 Å². The van der Waals surface area contributed by atoms with Gasteiger partial charge < -0.3 is 15.2 Å². The maximum atomic E-state index is 12.9. The molecule has 0 spiro atoms. The largest absolute Gasteiger partial charge is 0.489 e. The predicted molar refractivity (Wildman–Crippen MR) is 112 cm³/mol. The number of rotatable bonds is 6. The number of hydrogen-bond acceptors (Lipinski definition) is 3. The lowest BCUT2D eigenvalue weighted by Crippen LogP contribution is -2.55. The number of carbonyl (C=O) groups excluding carboxylic acids is 1. The molecule has 4 aliphatic carbocycles. The molecule has 4 heteroatoms. The molecule has 4 saturated carbocycles. The Hall–Kier alpha value is -2.33. The SMILES string of the molecule is O=C(Nc1cccc(OCc2ccccc2)c1)C(O)C12CC3CC(CC(C3)C1)C2. The summed E-state index contributed by atoms with van der Waals surface area (Å²) in [4.78, 5) is 12.9. The summed E-state index contributed by atoms with van der Waals surface area (Å²) in [7, 11) is 0. The van der Waals surface area contributed by atoms with Crippen LogP contribution >= 0.6 is 0 Å². The summed E-state index contributed by atoms with van der Waals surface area (Å²) in [5.41, 5.74) is 1.56. The van der Waals surface area contributed by atoms with Crippen molar-refractivity contribution < 1.29 is 14.6 Å². The predicted octanol–water partition coefficient (Wildman–Crippen LogP) is 4.78. The van der Waals surface area contributed by atoms with Gasteiger partial charge in [-0.15, -0.1) is 0 Å². The van der Waals surface area contributed by atoms with Crippen LogP contribution in [-0.2, 0) is 11.4 Å². The zero-order valence-electron chi connectivity index (χ0n) is 16.7. The van der Waals surface area contributed by atoms with Crippen LogP contribution in [0, 0.1) is 23.2 Å². The molecule has 29 heavy (non-hydrogen) atoms. The molecular formula is C25H29NO3. The average Bonchev–Trinajstić information content (AvgIpc) is 2.72. The molecule has 4 fully saturated rings. The van der Waals surface area contributed by atoms with Gasteiger partial charge in [-0.2, -0.15) is 0 Å². The summed E-state index contributed by atoms with van der Waals surface area (Å²) >= 11 is 0. The van der Waals surface area contributed by atoms with Crippen LogP contribution in [0.2, 0.25) is 0 Å². The van der Waals surface area contributed by atoms with Crippen molar-refractivity contribution in [2.75, 3.05) is 5.32 Å². The monoisotopic (exact) mass is 391 g/mol. The first-order chi connectivity index (χ1) is 14.1. The third kappa shape index (κ3) is 3.78. The van der Waals surface area contributed by atoms with Crippen molar-refractivity contribution in [2.24, 2.45) is 23.2 Å². The van der Waals surface area contributed by atoms with Crippen LogP contribution in [0.15, 0.2) is 54.6 Å². The summed E-state index contributed by atoms with van der Waals surface area (Å²) in [6.07, 6.45) is 6.00. The Morgan fingerprint density at radius 3 is 2.31 bits per heavy atom. The van der Waals surface area contributed by atoms with Gasteiger partial charge in [-0.05, 0) is 74.0 Å². The quantitative estimate of drug-likeness (QED) is 0.745. The third-order valence-electron chi connectivity index (χ3n) is 7.26. The molecule has 0 saturated heterocycles. The van der Waals surface area contributed by atoms with Gasteiger partial charge in [-0.25, -0.2) is 0 Å². The molecule has 4 bridgehead atoms. The second-order valence-corrected chi connectivity index (χ2v) is 9.47. The van der Waals surface area contributed by atoms with E-state index in [1.807, 2.05) is 54.6 Å². The van der Waals surface area contributed by atoms with Crippen LogP contribution in [0.1, 0.15) is 44.1 Å². The van der Waals surface area contributed by atoms with Gasteiger partial charge >= 0.3 is 0 Å². The number of nitrogens with one attached hydrogen (secondary N) is 1. The van der Waals surface area contributed by atoms with Crippen LogP contribution in [0.3, 0.4) is 0 Å². The summed E-state index contributed by atoms with van der Waals surface area (Å²) < 4.78 is 5.86. The van der Waals surface area contributed by atoms with Crippen LogP contribution in [-0.4, -0.2) is 17.1 Å². The highest BCUT2D eigenvalue weighted by atomic mass is 16.5. The topological polar surface area (TPSA) is 58.6 Å². The zero-order chi connectivity index (χ0) is 19.8. The number of carbonyl (C=O) groups is 1. The molecule has 2 aromatic carbocycles. The fraction of sp³-hybridized carbons (Fsp3) is 0.480. The molecule has 1 amide bonds. The second-order valence-electron chi connectivity index (χ2n) is 9.47. The fourth-order valence-electron chi connectivity index (χ4n) is 6.41. The number of amides is 1. The molecule has 4 nitrogen and oxygen atoms in total. The number of aliphatic hydroxyl groups excluding tert-OH is 1. The molecule has 1 unspecified atom stereocenters. The minimum absolute atomic E-state index is 0.208. The van der Waals surface area contributed by atoms with Crippen LogP contribution in [0.4, 0.5) is 5.69 Å². The van der Waals surface area contributed by atoms with E-state index < -0.39 is 6.10 Å². The van der Waals surface area contributed by atoms with Gasteiger partial charge in [0, 0.05) is 17.2 Å². The van der Waals surface area contributed by atoms with Crippen LogP contribution in [0.25, 0.3) is 0 Å². The molecule has 2 aromatic rings. The zero-order valence-corrected chi connectivity index (χ0v) is 16.7. The fourth-order valence-corrected chi connectivity index (χ4v) is 6.41. The van der Waals surface area contributed by atoms with Crippen molar-refractivity contribution in [1.29, 1.82) is 0 Å². The Morgan fingerprint density at radius 2 is 1.66 bits per heavy atom. The van der Waals surface area contributed by atoms with Gasteiger partial charge in [0.25, 0.3) is 5.91 Å². The lowest BCUT2D eigenvalue weighted by Gasteiger charge is -2.57. The van der Waals surface area contributed by atoms with Gasteiger partial charge in [0.1, 0.15) is 18.5 Å². The highest BCUT2D eigenvalue weighted by Gasteiger charge is 2.55. The van der Waals surface area contributed by atoms with Crippen LogP contribution < -0.4 is 10.1 Å². The molecule has 1 atom stereocenters. The van der Waals surface area contributed by atoms with Crippen LogP contribution in [0.5, 0.6) is 5.75 Å². The van der Waals surface area contributed by atoms with E-state index in [4.69, 9.17) is 4.74 Å². The summed E-state index contributed by atoms with van der Waals surface area (Å²) in [6.45, 7) is 0.480. The first kappa shape index (κ1) is 18.7. The first-order valence-electron chi connectivity index (χ1n) is 10.9. The first-order valence-corrected chi connectivity index (χ1v) is 10.9. The summed E-state index contributed by atoms with van der Waals surface area (Å²) in [5, 5.41) is 14.0. The van der Waals surface area contributed by atoms with E-state index in [9.17, 15) is 9.90 Å². The molecule has 152 valence electrons. The molecular weight excluding hydrogens is 362 g/mol. The molecule has 2 N–H and O–H groups in total. The van der Waals surface area contributed by atoms with Gasteiger partial charge in [-0.1, -0.05) is 36.4 Å². The molecule has 4 aliphatic rings. The van der Waals surface area contributed by atoms with Gasteiger partial charge in [-0.3, -0.25) is 4.79 Å². The van der Waals surface area contributed by atoms with E-state index in [0.29, 0.717) is 35.8 Å². The number of ether oxygens (including phenoxy) is 1. The Morgan fingerprint density at radius 1 is 1.00 bits per heavy atom. The van der Waals surface area contributed by atoms with Gasteiger partial charge in [0.2, 0.25) is 0 Å².